The van der Waals surface area contributed by atoms with Crippen LogP contribution >= 0.6 is 0 Å². The van der Waals surface area contributed by atoms with E-state index in [1.165, 1.54) is 0 Å². The monoisotopic (exact) mass is 244 g/mol. The highest BCUT2D eigenvalue weighted by Gasteiger charge is 2.28. The molecule has 1 fully saturated rings. The second kappa shape index (κ2) is 5.51. The smallest absolute Gasteiger partial charge is 0.326 e. The second-order valence-corrected chi connectivity index (χ2v) is 4.38. The van der Waals surface area contributed by atoms with Gasteiger partial charge in [0, 0.05) is 6.04 Å². The van der Waals surface area contributed by atoms with Crippen LogP contribution in [0.25, 0.3) is 0 Å². The van der Waals surface area contributed by atoms with Crippen LogP contribution < -0.4 is 10.6 Å². The van der Waals surface area contributed by atoms with Crippen molar-refractivity contribution in [2.45, 2.75) is 38.3 Å². The molecule has 0 bridgehead atoms. The first-order valence-corrected chi connectivity index (χ1v) is 5.40. The molecule has 17 heavy (non-hydrogen) atoms. The van der Waals surface area contributed by atoms with Crippen LogP contribution in [-0.2, 0) is 9.59 Å². The van der Waals surface area contributed by atoms with E-state index in [4.69, 9.17) is 10.2 Å². The van der Waals surface area contributed by atoms with E-state index in [1.807, 2.05) is 0 Å². The summed E-state index contributed by atoms with van der Waals surface area (Å²) < 4.78 is 0. The molecule has 2 amide bonds. The van der Waals surface area contributed by atoms with Gasteiger partial charge in [-0.25, -0.2) is 9.59 Å². The number of amides is 2. The maximum absolute atomic E-state index is 11.4. The zero-order valence-electron chi connectivity index (χ0n) is 9.47. The summed E-state index contributed by atoms with van der Waals surface area (Å²) in [5.41, 5.74) is 0. The number of carboxylic acids is 2. The Morgan fingerprint density at radius 3 is 2.29 bits per heavy atom. The molecule has 0 saturated heterocycles. The van der Waals surface area contributed by atoms with E-state index in [-0.39, 0.29) is 6.04 Å². The van der Waals surface area contributed by atoms with Gasteiger partial charge in [-0.3, -0.25) is 4.79 Å². The zero-order valence-corrected chi connectivity index (χ0v) is 9.47. The molecule has 96 valence electrons. The van der Waals surface area contributed by atoms with Crippen molar-refractivity contribution in [2.24, 2.45) is 5.92 Å². The third-order valence-corrected chi connectivity index (χ3v) is 2.69. The fourth-order valence-corrected chi connectivity index (χ4v) is 1.78. The molecule has 0 aromatic rings. The van der Waals surface area contributed by atoms with E-state index in [1.54, 1.807) is 0 Å². The number of hydrogen-bond donors (Lipinski definition) is 4. The summed E-state index contributed by atoms with van der Waals surface area (Å²) in [5.74, 6) is -2.06. The molecule has 1 aliphatic rings. The number of urea groups is 1. The van der Waals surface area contributed by atoms with Gasteiger partial charge in [0.05, 0.1) is 6.42 Å². The summed E-state index contributed by atoms with van der Waals surface area (Å²) in [4.78, 5) is 32.4. The standard InChI is InChI=1S/C10H16N2O5/c1-5-2-6(3-5)11-10(17)12-7(9(15)16)4-8(13)14/h5-7H,2-4H2,1H3,(H,13,14)(H,15,16)(H2,11,12,17). The lowest BCUT2D eigenvalue weighted by molar-refractivity contribution is -0.145. The second-order valence-electron chi connectivity index (χ2n) is 4.38. The van der Waals surface area contributed by atoms with Crippen LogP contribution in [0.1, 0.15) is 26.2 Å². The van der Waals surface area contributed by atoms with Gasteiger partial charge in [0.1, 0.15) is 6.04 Å². The van der Waals surface area contributed by atoms with Crippen LogP contribution in [0.5, 0.6) is 0 Å². The van der Waals surface area contributed by atoms with E-state index in [0.29, 0.717) is 5.92 Å². The van der Waals surface area contributed by atoms with Crippen LogP contribution in [0.3, 0.4) is 0 Å². The summed E-state index contributed by atoms with van der Waals surface area (Å²) in [6.07, 6.45) is 1.10. The molecule has 1 rings (SSSR count). The Kier molecular flexibility index (Phi) is 4.30. The number of hydrogen-bond acceptors (Lipinski definition) is 3. The molecule has 0 heterocycles. The molecule has 0 spiro atoms. The van der Waals surface area contributed by atoms with Crippen molar-refractivity contribution in [3.8, 4) is 0 Å². The number of carbonyl (C=O) groups excluding carboxylic acids is 1. The van der Waals surface area contributed by atoms with Gasteiger partial charge in [0.15, 0.2) is 0 Å². The quantitative estimate of drug-likeness (QED) is 0.543. The van der Waals surface area contributed by atoms with Gasteiger partial charge in [0.2, 0.25) is 0 Å². The number of nitrogens with one attached hydrogen (secondary N) is 2. The SMILES string of the molecule is CC1CC(NC(=O)NC(CC(=O)O)C(=O)O)C1. The summed E-state index contributed by atoms with van der Waals surface area (Å²) in [7, 11) is 0. The van der Waals surface area contributed by atoms with Crippen LogP contribution in [0.4, 0.5) is 4.79 Å². The molecule has 0 aromatic heterocycles. The molecule has 1 atom stereocenters. The largest absolute Gasteiger partial charge is 0.481 e. The lowest BCUT2D eigenvalue weighted by atomic mass is 9.82. The van der Waals surface area contributed by atoms with E-state index in [9.17, 15) is 14.4 Å². The van der Waals surface area contributed by atoms with Crippen LogP contribution in [0, 0.1) is 5.92 Å². The number of rotatable bonds is 5. The topological polar surface area (TPSA) is 116 Å². The van der Waals surface area contributed by atoms with Crippen molar-refractivity contribution in [3.63, 3.8) is 0 Å². The number of aliphatic carboxylic acids is 2. The van der Waals surface area contributed by atoms with E-state index < -0.39 is 30.4 Å². The van der Waals surface area contributed by atoms with Crippen LogP contribution in [0.2, 0.25) is 0 Å². The average Bonchev–Trinajstić information content (AvgIpc) is 2.13. The van der Waals surface area contributed by atoms with Gasteiger partial charge in [-0.2, -0.15) is 0 Å². The number of carboxylic acid groups (broad SMARTS) is 2. The third-order valence-electron chi connectivity index (χ3n) is 2.69. The summed E-state index contributed by atoms with van der Waals surface area (Å²) in [6, 6.07) is -1.97. The Morgan fingerprint density at radius 2 is 1.88 bits per heavy atom. The Balaban J connectivity index is 2.36. The minimum atomic E-state index is -1.40. The van der Waals surface area contributed by atoms with Crippen molar-refractivity contribution in [1.29, 1.82) is 0 Å². The predicted molar refractivity (Wildman–Crippen MR) is 57.5 cm³/mol. The Morgan fingerprint density at radius 1 is 1.29 bits per heavy atom. The highest BCUT2D eigenvalue weighted by Crippen LogP contribution is 2.25. The Labute approximate surface area is 98.2 Å². The molecule has 7 heteroatoms. The third kappa shape index (κ3) is 4.29. The van der Waals surface area contributed by atoms with Crippen LogP contribution in [0.15, 0.2) is 0 Å². The molecule has 1 saturated carbocycles. The maximum Gasteiger partial charge on any atom is 0.326 e. The zero-order chi connectivity index (χ0) is 13.0. The molecule has 1 aliphatic carbocycles. The molecule has 0 aliphatic heterocycles. The molecule has 7 nitrogen and oxygen atoms in total. The van der Waals surface area contributed by atoms with Gasteiger partial charge in [-0.15, -0.1) is 0 Å². The van der Waals surface area contributed by atoms with Gasteiger partial charge in [-0.1, -0.05) is 6.92 Å². The summed E-state index contributed by atoms with van der Waals surface area (Å²) in [5, 5.41) is 21.9. The van der Waals surface area contributed by atoms with Gasteiger partial charge in [0.25, 0.3) is 0 Å². The molecular weight excluding hydrogens is 228 g/mol. The first kappa shape index (κ1) is 13.3. The van der Waals surface area contributed by atoms with E-state index >= 15 is 0 Å². The van der Waals surface area contributed by atoms with Gasteiger partial charge in [-0.05, 0) is 18.8 Å². The Bertz CT molecular complexity index is 325. The lowest BCUT2D eigenvalue weighted by Gasteiger charge is -2.33. The lowest BCUT2D eigenvalue weighted by Crippen LogP contribution is -2.52. The molecule has 0 radical (unpaired) electrons. The molecule has 1 unspecified atom stereocenters. The minimum absolute atomic E-state index is 0.0595. The molecule has 4 N–H and O–H groups in total. The van der Waals surface area contributed by atoms with Gasteiger partial charge >= 0.3 is 18.0 Å². The molecule has 0 aromatic carbocycles. The predicted octanol–water partition coefficient (Wildman–Crippen LogP) is 0.0120. The van der Waals surface area contributed by atoms with Crippen LogP contribution in [-0.4, -0.2) is 40.3 Å². The van der Waals surface area contributed by atoms with E-state index in [2.05, 4.69) is 17.6 Å². The van der Waals surface area contributed by atoms with Gasteiger partial charge < -0.3 is 20.8 Å². The van der Waals surface area contributed by atoms with E-state index in [0.717, 1.165) is 12.8 Å². The fourth-order valence-electron chi connectivity index (χ4n) is 1.78. The Hall–Kier alpha value is -1.79. The van der Waals surface area contributed by atoms with Crippen molar-refractivity contribution >= 4 is 18.0 Å². The average molecular weight is 244 g/mol. The number of carbonyl (C=O) groups is 3. The highest BCUT2D eigenvalue weighted by molar-refractivity contribution is 5.86. The van der Waals surface area contributed by atoms with Crippen molar-refractivity contribution in [3.05, 3.63) is 0 Å². The van der Waals surface area contributed by atoms with Crippen molar-refractivity contribution in [2.75, 3.05) is 0 Å². The first-order valence-electron chi connectivity index (χ1n) is 5.40. The van der Waals surface area contributed by atoms with Crippen molar-refractivity contribution < 1.29 is 24.6 Å². The molecular formula is C10H16N2O5. The maximum atomic E-state index is 11.4. The minimum Gasteiger partial charge on any atom is -0.481 e. The summed E-state index contributed by atoms with van der Waals surface area (Å²) in [6.45, 7) is 2.06. The van der Waals surface area contributed by atoms with Crippen molar-refractivity contribution in [1.82, 2.24) is 10.6 Å². The highest BCUT2D eigenvalue weighted by atomic mass is 16.4. The fraction of sp³-hybridized carbons (Fsp3) is 0.700. The summed E-state index contributed by atoms with van der Waals surface area (Å²) >= 11 is 0. The first-order chi connectivity index (χ1) is 7.88. The normalized spacial score (nSPS) is 24.3.